The molecule has 0 unspecified atom stereocenters. The van der Waals surface area contributed by atoms with E-state index in [0.29, 0.717) is 5.56 Å². The first-order valence-corrected chi connectivity index (χ1v) is 7.59. The molecular weight excluding hydrogens is 352 g/mol. The maximum atomic E-state index is 12.7. The molecule has 2 rings (SSSR count). The summed E-state index contributed by atoms with van der Waals surface area (Å²) >= 11 is 0. The number of carbonyl (C=O) groups is 3. The second-order valence-corrected chi connectivity index (χ2v) is 5.16. The van der Waals surface area contributed by atoms with Gasteiger partial charge in [-0.1, -0.05) is 36.4 Å². The van der Waals surface area contributed by atoms with Gasteiger partial charge in [0.05, 0.1) is 25.3 Å². The van der Waals surface area contributed by atoms with Crippen LogP contribution in [0.15, 0.2) is 41.2 Å². The van der Waals surface area contributed by atoms with Crippen LogP contribution < -0.4 is 5.56 Å². The first kappa shape index (κ1) is 19.3. The summed E-state index contributed by atoms with van der Waals surface area (Å²) < 4.78 is 9.15. The topological polar surface area (TPSA) is 126 Å². The van der Waals surface area contributed by atoms with Crippen LogP contribution in [0.2, 0.25) is 0 Å². The second kappa shape index (κ2) is 8.40. The Morgan fingerprint density at radius 3 is 2.22 bits per heavy atom. The number of carbonyl (C=O) groups excluding carboxylic acids is 3. The maximum absolute atomic E-state index is 12.7. The van der Waals surface area contributed by atoms with Crippen molar-refractivity contribution >= 4 is 23.8 Å². The molecule has 1 aromatic carbocycles. The van der Waals surface area contributed by atoms with Crippen molar-refractivity contribution in [2.75, 3.05) is 14.2 Å². The first-order valence-electron chi connectivity index (χ1n) is 7.59. The zero-order chi connectivity index (χ0) is 20.0. The van der Waals surface area contributed by atoms with E-state index in [9.17, 15) is 24.4 Å². The van der Waals surface area contributed by atoms with Crippen LogP contribution in [-0.2, 0) is 9.47 Å². The van der Waals surface area contributed by atoms with E-state index in [2.05, 4.69) is 14.5 Å². The molecular formula is C19H14N2O6. The number of benzene rings is 1. The minimum absolute atomic E-state index is 0.475. The quantitative estimate of drug-likeness (QED) is 0.485. The Bertz CT molecular complexity index is 1030. The van der Waals surface area contributed by atoms with Crippen molar-refractivity contribution in [2.45, 2.75) is 0 Å². The molecule has 0 aliphatic heterocycles. The van der Waals surface area contributed by atoms with Gasteiger partial charge in [-0.15, -0.1) is 0 Å². The normalized spacial score (nSPS) is 10.3. The molecule has 0 aliphatic rings. The number of aromatic nitrogens is 1. The van der Waals surface area contributed by atoms with Crippen molar-refractivity contribution in [3.63, 3.8) is 0 Å². The van der Waals surface area contributed by atoms with Crippen LogP contribution in [0, 0.1) is 11.3 Å². The number of rotatable bonds is 5. The fourth-order valence-electron chi connectivity index (χ4n) is 2.34. The number of nitrogens with zero attached hydrogens (tertiary/aromatic N) is 1. The standard InChI is InChI=1S/C19H14N2O6/c1-26-18(24)14-12(10-20)17(23)21-16(19(25)27-2)15(14)13(22)9-8-11-6-4-3-5-7-11/h3-9H,1-2H3,(H,21,23)/b9-8+. The van der Waals surface area contributed by atoms with Gasteiger partial charge >= 0.3 is 11.9 Å². The number of H-pyrrole nitrogens is 1. The zero-order valence-corrected chi connectivity index (χ0v) is 14.4. The smallest absolute Gasteiger partial charge is 0.355 e. The minimum Gasteiger partial charge on any atom is -0.465 e. The van der Waals surface area contributed by atoms with Gasteiger partial charge < -0.3 is 14.5 Å². The molecule has 1 aromatic heterocycles. The number of allylic oxidation sites excluding steroid dienone is 1. The van der Waals surface area contributed by atoms with E-state index >= 15 is 0 Å². The van der Waals surface area contributed by atoms with Crippen molar-refractivity contribution in [3.8, 4) is 6.07 Å². The van der Waals surface area contributed by atoms with Crippen molar-refractivity contribution in [1.82, 2.24) is 4.98 Å². The van der Waals surface area contributed by atoms with Crippen LogP contribution >= 0.6 is 0 Å². The lowest BCUT2D eigenvalue weighted by atomic mass is 9.97. The highest BCUT2D eigenvalue weighted by Crippen LogP contribution is 2.19. The summed E-state index contributed by atoms with van der Waals surface area (Å²) in [6.07, 6.45) is 2.57. The van der Waals surface area contributed by atoms with E-state index < -0.39 is 45.7 Å². The van der Waals surface area contributed by atoms with Crippen LogP contribution in [0.25, 0.3) is 6.08 Å². The molecule has 0 atom stereocenters. The monoisotopic (exact) mass is 366 g/mol. The molecule has 1 N–H and O–H groups in total. The molecule has 8 nitrogen and oxygen atoms in total. The summed E-state index contributed by atoms with van der Waals surface area (Å²) in [6.45, 7) is 0. The van der Waals surface area contributed by atoms with Gasteiger partial charge in [0.25, 0.3) is 5.56 Å². The molecule has 1 heterocycles. The Kier molecular flexibility index (Phi) is 6.02. The number of aromatic amines is 1. The molecule has 8 heteroatoms. The van der Waals surface area contributed by atoms with Gasteiger partial charge in [-0.05, 0) is 11.6 Å². The summed E-state index contributed by atoms with van der Waals surface area (Å²) in [5.41, 5.74) is -2.56. The molecule has 0 aliphatic carbocycles. The predicted octanol–water partition coefficient (Wildman–Crippen LogP) is 1.72. The van der Waals surface area contributed by atoms with Crippen LogP contribution in [0.1, 0.15) is 42.3 Å². The van der Waals surface area contributed by atoms with Crippen LogP contribution in [0.3, 0.4) is 0 Å². The summed E-state index contributed by atoms with van der Waals surface area (Å²) in [7, 11) is 2.07. The van der Waals surface area contributed by atoms with Crippen molar-refractivity contribution in [3.05, 3.63) is 74.7 Å². The molecule has 0 amide bonds. The highest BCUT2D eigenvalue weighted by molar-refractivity contribution is 6.17. The number of hydrogen-bond donors (Lipinski definition) is 1. The van der Waals surface area contributed by atoms with Gasteiger partial charge in [0.1, 0.15) is 17.3 Å². The second-order valence-electron chi connectivity index (χ2n) is 5.16. The van der Waals surface area contributed by atoms with Crippen LogP contribution in [-0.4, -0.2) is 36.9 Å². The highest BCUT2D eigenvalue weighted by Gasteiger charge is 2.30. The first-order chi connectivity index (χ1) is 12.9. The van der Waals surface area contributed by atoms with Crippen LogP contribution in [0.4, 0.5) is 0 Å². The fraction of sp³-hybridized carbons (Fsp3) is 0.105. The number of esters is 2. The van der Waals surface area contributed by atoms with Gasteiger partial charge in [0.15, 0.2) is 5.78 Å². The molecule has 2 aromatic rings. The number of ether oxygens (including phenoxy) is 2. The Morgan fingerprint density at radius 2 is 1.67 bits per heavy atom. The average Bonchev–Trinajstić information content (AvgIpc) is 2.70. The maximum Gasteiger partial charge on any atom is 0.355 e. The Labute approximate surface area is 153 Å². The SMILES string of the molecule is COC(=O)c1[nH]c(=O)c(C#N)c(C(=O)OC)c1C(=O)/C=C/c1ccccc1. The van der Waals surface area contributed by atoms with E-state index in [1.165, 1.54) is 6.08 Å². The van der Waals surface area contributed by atoms with E-state index in [1.54, 1.807) is 36.4 Å². The Morgan fingerprint density at radius 1 is 1.04 bits per heavy atom. The lowest BCUT2D eigenvalue weighted by molar-refractivity contribution is 0.0587. The van der Waals surface area contributed by atoms with Gasteiger partial charge in [0.2, 0.25) is 0 Å². The number of hydrogen-bond acceptors (Lipinski definition) is 7. The molecule has 0 spiro atoms. The van der Waals surface area contributed by atoms with Gasteiger partial charge in [-0.2, -0.15) is 5.26 Å². The van der Waals surface area contributed by atoms with E-state index in [4.69, 9.17) is 0 Å². The third kappa shape index (κ3) is 3.99. The predicted molar refractivity (Wildman–Crippen MR) is 94.3 cm³/mol. The van der Waals surface area contributed by atoms with Crippen molar-refractivity contribution in [2.24, 2.45) is 0 Å². The fourth-order valence-corrected chi connectivity index (χ4v) is 2.34. The van der Waals surface area contributed by atoms with Gasteiger partial charge in [-0.25, -0.2) is 9.59 Å². The molecule has 0 bridgehead atoms. The van der Waals surface area contributed by atoms with Crippen molar-refractivity contribution in [1.29, 1.82) is 5.26 Å². The summed E-state index contributed by atoms with van der Waals surface area (Å²) in [5.74, 6) is -2.93. The van der Waals surface area contributed by atoms with Crippen LogP contribution in [0.5, 0.6) is 0 Å². The zero-order valence-electron chi connectivity index (χ0n) is 14.4. The Hall–Kier alpha value is -3.99. The number of nitriles is 1. The summed E-state index contributed by atoms with van der Waals surface area (Å²) in [6, 6.07) is 10.4. The molecule has 0 saturated carbocycles. The molecule has 0 radical (unpaired) electrons. The summed E-state index contributed by atoms with van der Waals surface area (Å²) in [4.78, 5) is 51.1. The Balaban J connectivity index is 2.74. The van der Waals surface area contributed by atoms with Gasteiger partial charge in [0, 0.05) is 0 Å². The number of pyridine rings is 1. The highest BCUT2D eigenvalue weighted by atomic mass is 16.5. The van der Waals surface area contributed by atoms with E-state index in [-0.39, 0.29) is 0 Å². The number of nitrogens with one attached hydrogen (secondary N) is 1. The van der Waals surface area contributed by atoms with Gasteiger partial charge in [-0.3, -0.25) is 9.59 Å². The minimum atomic E-state index is -1.10. The number of methoxy groups -OCH3 is 2. The molecule has 136 valence electrons. The molecule has 0 fully saturated rings. The largest absolute Gasteiger partial charge is 0.465 e. The lowest BCUT2D eigenvalue weighted by Gasteiger charge is -2.11. The third-order valence-corrected chi connectivity index (χ3v) is 3.58. The van der Waals surface area contributed by atoms with Crippen molar-refractivity contribution < 1.29 is 23.9 Å². The molecule has 27 heavy (non-hydrogen) atoms. The number of ketones is 1. The summed E-state index contributed by atoms with van der Waals surface area (Å²) in [5, 5.41) is 9.22. The van der Waals surface area contributed by atoms with E-state index in [1.807, 2.05) is 0 Å². The van der Waals surface area contributed by atoms with E-state index in [0.717, 1.165) is 20.3 Å². The third-order valence-electron chi connectivity index (χ3n) is 3.58. The lowest BCUT2D eigenvalue weighted by Crippen LogP contribution is -2.27. The average molecular weight is 366 g/mol. The molecule has 0 saturated heterocycles.